The summed E-state index contributed by atoms with van der Waals surface area (Å²) < 4.78 is 0. The number of rotatable bonds is 2. The van der Waals surface area contributed by atoms with Gasteiger partial charge in [0.1, 0.15) is 0 Å². The number of hydrogen-bond acceptors (Lipinski definition) is 3. The van der Waals surface area contributed by atoms with Gasteiger partial charge in [-0.15, -0.1) is 0 Å². The molecule has 1 aliphatic carbocycles. The lowest BCUT2D eigenvalue weighted by molar-refractivity contribution is -0.116. The van der Waals surface area contributed by atoms with Gasteiger partial charge in [0.25, 0.3) is 0 Å². The van der Waals surface area contributed by atoms with E-state index < -0.39 is 0 Å². The van der Waals surface area contributed by atoms with Crippen LogP contribution in [0, 0.1) is 11.8 Å². The van der Waals surface area contributed by atoms with Crippen LogP contribution >= 0.6 is 0 Å². The lowest BCUT2D eigenvalue weighted by atomic mass is 9.80. The number of carbonyl (C=O) groups is 1. The van der Waals surface area contributed by atoms with E-state index in [9.17, 15) is 4.79 Å². The predicted molar refractivity (Wildman–Crippen MR) is 87.4 cm³/mol. The zero-order chi connectivity index (χ0) is 15.0. The number of nitrogens with two attached hydrogens (primary N) is 1. The lowest BCUT2D eigenvalue weighted by Gasteiger charge is -2.34. The molecule has 4 N–H and O–H groups in total. The van der Waals surface area contributed by atoms with Crippen molar-refractivity contribution >= 4 is 23.0 Å². The van der Waals surface area contributed by atoms with Crippen LogP contribution in [0.15, 0.2) is 12.1 Å². The topological polar surface area (TPSA) is 67.1 Å². The summed E-state index contributed by atoms with van der Waals surface area (Å²) in [5.74, 6) is 1.56. The van der Waals surface area contributed by atoms with E-state index in [0.29, 0.717) is 18.4 Å². The van der Waals surface area contributed by atoms with Gasteiger partial charge in [-0.3, -0.25) is 4.79 Å². The lowest BCUT2D eigenvalue weighted by Crippen LogP contribution is -2.33. The second kappa shape index (κ2) is 5.58. The fourth-order valence-electron chi connectivity index (χ4n) is 3.65. The SMILES string of the molecule is CC1CCC(Nc2cc3c(cc2N)CCC(=O)N3)C(C)C1. The van der Waals surface area contributed by atoms with Crippen LogP contribution in [0.3, 0.4) is 0 Å². The highest BCUT2D eigenvalue weighted by molar-refractivity contribution is 5.95. The number of anilines is 3. The smallest absolute Gasteiger partial charge is 0.224 e. The fourth-order valence-corrected chi connectivity index (χ4v) is 3.65. The van der Waals surface area contributed by atoms with E-state index >= 15 is 0 Å². The van der Waals surface area contributed by atoms with Crippen molar-refractivity contribution in [1.82, 2.24) is 0 Å². The van der Waals surface area contributed by atoms with Crippen LogP contribution < -0.4 is 16.4 Å². The van der Waals surface area contributed by atoms with Gasteiger partial charge in [0, 0.05) is 18.2 Å². The number of nitrogen functional groups attached to an aromatic ring is 1. The van der Waals surface area contributed by atoms with Crippen molar-refractivity contribution in [2.24, 2.45) is 11.8 Å². The summed E-state index contributed by atoms with van der Waals surface area (Å²) in [6.07, 6.45) is 5.05. The Labute approximate surface area is 126 Å². The van der Waals surface area contributed by atoms with Crippen molar-refractivity contribution in [2.45, 2.75) is 52.0 Å². The van der Waals surface area contributed by atoms with Crippen molar-refractivity contribution in [3.8, 4) is 0 Å². The molecular formula is C17H25N3O. The van der Waals surface area contributed by atoms with Crippen LogP contribution in [-0.4, -0.2) is 11.9 Å². The Kier molecular flexibility index (Phi) is 3.79. The molecule has 1 heterocycles. The average molecular weight is 287 g/mol. The van der Waals surface area contributed by atoms with Crippen molar-refractivity contribution in [3.63, 3.8) is 0 Å². The van der Waals surface area contributed by atoms with Gasteiger partial charge in [-0.2, -0.15) is 0 Å². The average Bonchev–Trinajstić information content (AvgIpc) is 2.43. The highest BCUT2D eigenvalue weighted by atomic mass is 16.1. The fraction of sp³-hybridized carbons (Fsp3) is 0.588. The van der Waals surface area contributed by atoms with Gasteiger partial charge >= 0.3 is 0 Å². The van der Waals surface area contributed by atoms with Crippen molar-refractivity contribution in [3.05, 3.63) is 17.7 Å². The van der Waals surface area contributed by atoms with Gasteiger partial charge in [-0.25, -0.2) is 0 Å². The molecule has 1 aliphatic heterocycles. The summed E-state index contributed by atoms with van der Waals surface area (Å²) >= 11 is 0. The molecule has 1 fully saturated rings. The van der Waals surface area contributed by atoms with Gasteiger partial charge in [-0.1, -0.05) is 13.8 Å². The second-order valence-electron chi connectivity index (χ2n) is 6.79. The number of aryl methyl sites for hydroxylation is 1. The molecule has 2 aliphatic rings. The minimum Gasteiger partial charge on any atom is -0.397 e. The molecule has 3 unspecified atom stereocenters. The van der Waals surface area contributed by atoms with Crippen molar-refractivity contribution in [2.75, 3.05) is 16.4 Å². The number of fused-ring (bicyclic) bond motifs is 1. The molecule has 1 aromatic carbocycles. The number of hydrogen-bond donors (Lipinski definition) is 3. The molecule has 4 heteroatoms. The Morgan fingerprint density at radius 1 is 1.24 bits per heavy atom. The van der Waals surface area contributed by atoms with Gasteiger partial charge in [0.2, 0.25) is 5.91 Å². The van der Waals surface area contributed by atoms with Gasteiger partial charge in [0.05, 0.1) is 11.4 Å². The van der Waals surface area contributed by atoms with Crippen LogP contribution in [0.1, 0.15) is 45.1 Å². The van der Waals surface area contributed by atoms with Crippen LogP contribution in [-0.2, 0) is 11.2 Å². The second-order valence-corrected chi connectivity index (χ2v) is 6.79. The molecule has 3 atom stereocenters. The molecule has 21 heavy (non-hydrogen) atoms. The third-order valence-electron chi connectivity index (χ3n) is 4.94. The molecular weight excluding hydrogens is 262 g/mol. The molecule has 1 amide bonds. The first-order valence-corrected chi connectivity index (χ1v) is 8.01. The Morgan fingerprint density at radius 2 is 2.05 bits per heavy atom. The number of nitrogens with one attached hydrogen (secondary N) is 2. The molecule has 0 radical (unpaired) electrons. The van der Waals surface area contributed by atoms with Gasteiger partial charge in [0.15, 0.2) is 0 Å². The van der Waals surface area contributed by atoms with Crippen molar-refractivity contribution < 1.29 is 4.79 Å². The molecule has 0 aromatic heterocycles. The largest absolute Gasteiger partial charge is 0.397 e. The van der Waals surface area contributed by atoms with Crippen molar-refractivity contribution in [1.29, 1.82) is 0 Å². The molecule has 0 spiro atoms. The zero-order valence-electron chi connectivity index (χ0n) is 12.9. The van der Waals surface area contributed by atoms with E-state index in [2.05, 4.69) is 24.5 Å². The normalized spacial score (nSPS) is 28.7. The summed E-state index contributed by atoms with van der Waals surface area (Å²) in [7, 11) is 0. The third-order valence-corrected chi connectivity index (χ3v) is 4.94. The Balaban J connectivity index is 1.79. The molecule has 114 valence electrons. The minimum atomic E-state index is 0.0954. The maximum atomic E-state index is 11.5. The molecule has 1 saturated carbocycles. The Hall–Kier alpha value is -1.71. The highest BCUT2D eigenvalue weighted by Crippen LogP contribution is 2.35. The first-order chi connectivity index (χ1) is 10.0. The maximum Gasteiger partial charge on any atom is 0.224 e. The number of carbonyl (C=O) groups excluding carboxylic acids is 1. The third kappa shape index (κ3) is 2.99. The number of benzene rings is 1. The molecule has 1 aromatic rings. The Bertz CT molecular complexity index is 555. The predicted octanol–water partition coefficient (Wildman–Crippen LogP) is 3.39. The highest BCUT2D eigenvalue weighted by Gasteiger charge is 2.26. The molecule has 0 bridgehead atoms. The van der Waals surface area contributed by atoms with Gasteiger partial charge in [-0.05, 0) is 55.2 Å². The summed E-state index contributed by atoms with van der Waals surface area (Å²) in [6, 6.07) is 4.49. The summed E-state index contributed by atoms with van der Waals surface area (Å²) in [4.78, 5) is 11.5. The molecule has 0 saturated heterocycles. The van der Waals surface area contributed by atoms with E-state index in [1.165, 1.54) is 19.3 Å². The van der Waals surface area contributed by atoms with E-state index in [1.54, 1.807) is 0 Å². The molecule has 4 nitrogen and oxygen atoms in total. The van der Waals surface area contributed by atoms with Crippen LogP contribution in [0.2, 0.25) is 0 Å². The van der Waals surface area contributed by atoms with Crippen LogP contribution in [0.5, 0.6) is 0 Å². The van der Waals surface area contributed by atoms with E-state index in [1.807, 2.05) is 12.1 Å². The quantitative estimate of drug-likeness (QED) is 0.730. The standard InChI is InChI=1S/C17H25N3O/c1-10-3-5-14(11(2)7-10)19-16-9-15-12(8-13(16)18)4-6-17(21)20-15/h8-11,14,19H,3-7,18H2,1-2H3,(H,20,21). The van der Waals surface area contributed by atoms with Crippen LogP contribution in [0.25, 0.3) is 0 Å². The van der Waals surface area contributed by atoms with Gasteiger partial charge < -0.3 is 16.4 Å². The zero-order valence-corrected chi connectivity index (χ0v) is 12.9. The molecule has 3 rings (SSSR count). The summed E-state index contributed by atoms with van der Waals surface area (Å²) in [5, 5.41) is 6.56. The first kappa shape index (κ1) is 14.2. The van der Waals surface area contributed by atoms with E-state index in [-0.39, 0.29) is 5.91 Å². The minimum absolute atomic E-state index is 0.0954. The summed E-state index contributed by atoms with van der Waals surface area (Å²) in [6.45, 7) is 4.64. The van der Waals surface area contributed by atoms with E-state index in [0.717, 1.165) is 35.0 Å². The maximum absolute atomic E-state index is 11.5. The monoisotopic (exact) mass is 287 g/mol. The number of amides is 1. The Morgan fingerprint density at radius 3 is 2.81 bits per heavy atom. The summed E-state index contributed by atoms with van der Waals surface area (Å²) in [5.41, 5.74) is 10.0. The van der Waals surface area contributed by atoms with E-state index in [4.69, 9.17) is 5.73 Å². The first-order valence-electron chi connectivity index (χ1n) is 8.01. The van der Waals surface area contributed by atoms with Crippen LogP contribution in [0.4, 0.5) is 17.1 Å².